The first-order valence-corrected chi connectivity index (χ1v) is 3.42. The summed E-state index contributed by atoms with van der Waals surface area (Å²) in [5.74, 6) is -3.26. The minimum absolute atomic E-state index is 0. The van der Waals surface area contributed by atoms with E-state index in [0.717, 1.165) is 0 Å². The molecule has 86 valence electrons. The number of ether oxygens (including phenoxy) is 4. The summed E-state index contributed by atoms with van der Waals surface area (Å²) in [6.45, 7) is 1.50. The van der Waals surface area contributed by atoms with Crippen molar-refractivity contribution in [1.82, 2.24) is 0 Å². The molecule has 0 aromatic heterocycles. The Morgan fingerprint density at radius 3 is 1.21 bits per heavy atom. The van der Waals surface area contributed by atoms with E-state index in [0.29, 0.717) is 0 Å². The average molecular weight is 374 g/mol. The summed E-state index contributed by atoms with van der Waals surface area (Å²) < 4.78 is 19.3. The van der Waals surface area contributed by atoms with Gasteiger partial charge in [-0.1, -0.05) is 0 Å². The second kappa shape index (κ2) is 7.90. The van der Waals surface area contributed by atoms with E-state index in [1.54, 1.807) is 0 Å². The van der Waals surface area contributed by atoms with E-state index < -0.39 is 11.8 Å². The number of hydrogen-bond acceptors (Lipinski definition) is 5. The van der Waals surface area contributed by atoms with Crippen molar-refractivity contribution in [3.63, 3.8) is 0 Å². The molecule has 0 atom stereocenters. The van der Waals surface area contributed by atoms with Gasteiger partial charge in [0, 0.05) is 54.3 Å². The number of methoxy groups -OCH3 is 4. The largest absolute Gasteiger partial charge is 0.358 e. The van der Waals surface area contributed by atoms with Crippen LogP contribution < -0.4 is 0 Å². The Bertz CT molecular complexity index is 118. The molecule has 0 saturated carbocycles. The van der Waals surface area contributed by atoms with E-state index in [9.17, 15) is 5.11 Å². The van der Waals surface area contributed by atoms with Crippen LogP contribution in [0.1, 0.15) is 6.92 Å². The SMILES string of the molecule is COC(C)(OC)C(O)(OC)OC.[CH3-].[Hf]. The van der Waals surface area contributed by atoms with Gasteiger partial charge in [0.05, 0.1) is 0 Å². The molecule has 0 aliphatic heterocycles. The Morgan fingerprint density at radius 2 is 1.14 bits per heavy atom. The van der Waals surface area contributed by atoms with Gasteiger partial charge in [0.15, 0.2) is 0 Å². The van der Waals surface area contributed by atoms with Crippen LogP contribution in [0.2, 0.25) is 0 Å². The summed E-state index contributed by atoms with van der Waals surface area (Å²) in [7, 11) is 5.35. The van der Waals surface area contributed by atoms with Gasteiger partial charge in [-0.05, 0) is 6.92 Å². The molecule has 6 heteroatoms. The van der Waals surface area contributed by atoms with Crippen LogP contribution in [0.3, 0.4) is 0 Å². The monoisotopic (exact) mass is 375 g/mol. The first-order valence-electron chi connectivity index (χ1n) is 3.42. The fourth-order valence-corrected chi connectivity index (χ4v) is 0.795. The van der Waals surface area contributed by atoms with Gasteiger partial charge in [0.2, 0.25) is 5.79 Å². The molecule has 0 saturated heterocycles. The van der Waals surface area contributed by atoms with E-state index in [2.05, 4.69) is 0 Å². The molecule has 0 amide bonds. The molecule has 0 aliphatic rings. The molecule has 1 N–H and O–H groups in total. The van der Waals surface area contributed by atoms with Crippen molar-refractivity contribution in [2.45, 2.75) is 18.7 Å². The van der Waals surface area contributed by atoms with Gasteiger partial charge < -0.3 is 31.5 Å². The summed E-state index contributed by atoms with van der Waals surface area (Å²) in [5, 5.41) is 9.65. The molecule has 5 nitrogen and oxygen atoms in total. The van der Waals surface area contributed by atoms with Crippen molar-refractivity contribution in [3.8, 4) is 0 Å². The third-order valence-corrected chi connectivity index (χ3v) is 1.91. The second-order valence-corrected chi connectivity index (χ2v) is 2.34. The number of aliphatic hydroxyl groups is 1. The van der Waals surface area contributed by atoms with Crippen LogP contribution in [0, 0.1) is 7.43 Å². The van der Waals surface area contributed by atoms with Gasteiger partial charge in [-0.25, -0.2) is 0 Å². The Labute approximate surface area is 104 Å². The van der Waals surface area contributed by atoms with Crippen LogP contribution in [0.15, 0.2) is 0 Å². The number of hydrogen-bond donors (Lipinski definition) is 1. The summed E-state index contributed by atoms with van der Waals surface area (Å²) in [6.07, 6.45) is 0. The quantitative estimate of drug-likeness (QED) is 0.429. The fourth-order valence-electron chi connectivity index (χ4n) is 0.795. The van der Waals surface area contributed by atoms with E-state index in [-0.39, 0.29) is 33.3 Å². The first-order chi connectivity index (χ1) is 5.49. The van der Waals surface area contributed by atoms with Crippen molar-refractivity contribution < 1.29 is 49.9 Å². The topological polar surface area (TPSA) is 57.2 Å². The Kier molecular flexibility index (Phi) is 11.4. The van der Waals surface area contributed by atoms with Gasteiger partial charge >= 0.3 is 5.97 Å². The van der Waals surface area contributed by atoms with Crippen molar-refractivity contribution in [1.29, 1.82) is 0 Å². The second-order valence-electron chi connectivity index (χ2n) is 2.34. The van der Waals surface area contributed by atoms with Crippen LogP contribution >= 0.6 is 0 Å². The maximum Gasteiger partial charge on any atom is 0.337 e. The van der Waals surface area contributed by atoms with E-state index in [4.69, 9.17) is 18.9 Å². The maximum atomic E-state index is 9.65. The zero-order valence-corrected chi connectivity index (χ0v) is 13.2. The molecule has 0 aliphatic carbocycles. The summed E-state index contributed by atoms with van der Waals surface area (Å²) in [5.41, 5.74) is 0. The number of rotatable bonds is 5. The predicted octanol–water partition coefficient (Wildman–Crippen LogP) is 0.382. The Balaban J connectivity index is -0.000000605. The van der Waals surface area contributed by atoms with Gasteiger partial charge in [0.25, 0.3) is 0 Å². The third-order valence-electron chi connectivity index (χ3n) is 1.91. The molecule has 0 radical (unpaired) electrons. The van der Waals surface area contributed by atoms with Crippen LogP contribution in [0.4, 0.5) is 0 Å². The molecule has 0 bridgehead atoms. The zero-order valence-electron chi connectivity index (χ0n) is 9.58. The van der Waals surface area contributed by atoms with Gasteiger partial charge in [-0.2, -0.15) is 0 Å². The van der Waals surface area contributed by atoms with Crippen LogP contribution in [0.5, 0.6) is 0 Å². The summed E-state index contributed by atoms with van der Waals surface area (Å²) in [6, 6.07) is 0. The predicted molar refractivity (Wildman–Crippen MR) is 47.8 cm³/mol. The minimum atomic E-state index is -1.91. The molecule has 0 fully saturated rings. The van der Waals surface area contributed by atoms with E-state index >= 15 is 0 Å². The van der Waals surface area contributed by atoms with E-state index in [1.165, 1.54) is 35.4 Å². The zero-order chi connectivity index (χ0) is 9.83. The Hall–Kier alpha value is 0.670. The van der Waals surface area contributed by atoms with Gasteiger partial charge in [0.1, 0.15) is 0 Å². The van der Waals surface area contributed by atoms with Crippen LogP contribution in [0.25, 0.3) is 0 Å². The average Bonchev–Trinajstić information content (AvgIpc) is 2.15. The molecular weight excluding hydrogens is 355 g/mol. The molecular formula is C8H19HfO5-. The van der Waals surface area contributed by atoms with Gasteiger partial charge in [-0.15, -0.1) is 0 Å². The van der Waals surface area contributed by atoms with Crippen molar-refractivity contribution in [2.75, 3.05) is 28.4 Å². The molecule has 0 aromatic carbocycles. The van der Waals surface area contributed by atoms with Crippen LogP contribution in [-0.2, 0) is 44.8 Å². The maximum absolute atomic E-state index is 9.65. The Morgan fingerprint density at radius 1 is 0.857 bits per heavy atom. The molecule has 0 aromatic rings. The van der Waals surface area contributed by atoms with Gasteiger partial charge in [-0.3, -0.25) is 0 Å². The third kappa shape index (κ3) is 3.67. The van der Waals surface area contributed by atoms with E-state index in [1.807, 2.05) is 0 Å². The molecule has 0 heterocycles. The molecule has 14 heavy (non-hydrogen) atoms. The van der Waals surface area contributed by atoms with Crippen molar-refractivity contribution in [3.05, 3.63) is 7.43 Å². The van der Waals surface area contributed by atoms with Crippen molar-refractivity contribution >= 4 is 0 Å². The minimum Gasteiger partial charge on any atom is -0.358 e. The smallest absolute Gasteiger partial charge is 0.337 e. The summed E-state index contributed by atoms with van der Waals surface area (Å²) in [4.78, 5) is 0. The standard InChI is InChI=1S/C7H16O5.CH3.Hf/c1-6(9-2,10-3)7(8,11-4)12-5;;/h8H,1-5H3;1H3;/q;-1;. The molecule has 0 rings (SSSR count). The normalized spacial score (nSPS) is 11.6. The fraction of sp³-hybridized carbons (Fsp3) is 0.875. The van der Waals surface area contributed by atoms with Crippen molar-refractivity contribution in [2.24, 2.45) is 0 Å². The molecule has 0 unspecified atom stereocenters. The summed E-state index contributed by atoms with van der Waals surface area (Å²) >= 11 is 0. The molecule has 0 spiro atoms. The first kappa shape index (κ1) is 20.1. The van der Waals surface area contributed by atoms with Crippen LogP contribution in [-0.4, -0.2) is 45.3 Å².